The number of carbonyl (C=O) groups is 5. The number of carbonyl (C=O) groups excluding carboxylic acids is 5. The second-order valence-corrected chi connectivity index (χ2v) is 23.5. The van der Waals surface area contributed by atoms with Crippen LogP contribution in [0.4, 0.5) is 19.2 Å². The van der Waals surface area contributed by atoms with Crippen molar-refractivity contribution < 1.29 is 77.6 Å². The van der Waals surface area contributed by atoms with Crippen LogP contribution in [0.15, 0.2) is 11.8 Å². The van der Waals surface area contributed by atoms with Gasteiger partial charge in [0.1, 0.15) is 58.2 Å². The topological polar surface area (TPSA) is 320 Å². The molecule has 4 rings (SSSR count). The summed E-state index contributed by atoms with van der Waals surface area (Å²) in [6.45, 7) is 21.7. The molecule has 0 aromatic rings. The molecule has 2 aliphatic carbocycles. The Labute approximate surface area is 418 Å². The maximum atomic E-state index is 13.9. The minimum Gasteiger partial charge on any atom is -0.492 e. The van der Waals surface area contributed by atoms with Gasteiger partial charge in [0.2, 0.25) is 5.91 Å². The molecule has 12 atom stereocenters. The summed E-state index contributed by atoms with van der Waals surface area (Å²) in [5, 5.41) is 62.1. The molecule has 0 aromatic heterocycles. The normalized spacial score (nSPS) is 31.8. The van der Waals surface area contributed by atoms with Gasteiger partial charge in [-0.15, -0.1) is 0 Å². The predicted molar refractivity (Wildman–Crippen MR) is 257 cm³/mol. The molecule has 408 valence electrons. The van der Waals surface area contributed by atoms with Gasteiger partial charge in [0.05, 0.1) is 31.3 Å². The first kappa shape index (κ1) is 59.3. The van der Waals surface area contributed by atoms with Crippen LogP contribution in [-0.4, -0.2) is 184 Å². The molecule has 23 heteroatoms. The van der Waals surface area contributed by atoms with Crippen LogP contribution in [0.2, 0.25) is 0 Å². The van der Waals surface area contributed by atoms with E-state index in [1.54, 1.807) is 83.1 Å². The van der Waals surface area contributed by atoms with E-state index in [0.29, 0.717) is 31.6 Å². The van der Waals surface area contributed by atoms with E-state index in [-0.39, 0.29) is 37.9 Å². The van der Waals surface area contributed by atoms with E-state index in [1.807, 2.05) is 6.08 Å². The molecule has 0 spiro atoms. The molecular formula is C48H85N7O16. The maximum Gasteiger partial charge on any atom is 0.410 e. The first-order valence-corrected chi connectivity index (χ1v) is 24.6. The molecule has 11 N–H and O–H groups in total. The molecule has 3 fully saturated rings. The highest BCUT2D eigenvalue weighted by atomic mass is 16.7. The SMILES string of the molecule is CN(C(=O)OC(C)(C)C)[C@@H]1[C@@H](O)[C@@H](O[C@@H]2[C@@H](O)[C@H](C3OC(CN)=CC[C@H]3NC[C@H]3C[C@H](NC(=O)OC(C)(C)C)C3)[C@@H](NC(=O)OC(C)(C)C)C[C@H]2NC(=O)[C@@H](O)CCNC(=O)OC(C)(C)C)OC[C@]1(C)O. The molecule has 5 amide bonds. The molecule has 2 saturated carbocycles. The Morgan fingerprint density at radius 2 is 1.37 bits per heavy atom. The number of alkyl carbamates (subject to hydrolysis) is 3. The van der Waals surface area contributed by atoms with Crippen molar-refractivity contribution in [1.82, 2.24) is 31.5 Å². The van der Waals surface area contributed by atoms with Crippen LogP contribution in [0.25, 0.3) is 0 Å². The minimum absolute atomic E-state index is 0.00467. The van der Waals surface area contributed by atoms with Crippen LogP contribution in [0, 0.1) is 11.8 Å². The average Bonchev–Trinajstić information content (AvgIpc) is 3.18. The number of nitrogens with two attached hydrogens (primary N) is 1. The van der Waals surface area contributed by atoms with E-state index < -0.39 is 132 Å². The van der Waals surface area contributed by atoms with Crippen molar-refractivity contribution in [2.45, 2.75) is 217 Å². The first-order chi connectivity index (χ1) is 32.6. The lowest BCUT2D eigenvalue weighted by Crippen LogP contribution is -2.71. The number of hydrogen-bond acceptors (Lipinski definition) is 18. The summed E-state index contributed by atoms with van der Waals surface area (Å²) in [6.07, 6.45) is -9.02. The van der Waals surface area contributed by atoms with Gasteiger partial charge in [0.25, 0.3) is 0 Å². The molecule has 2 aliphatic heterocycles. The number of rotatable bonds is 15. The van der Waals surface area contributed by atoms with Crippen LogP contribution in [0.1, 0.15) is 122 Å². The van der Waals surface area contributed by atoms with E-state index in [0.717, 1.165) is 4.90 Å². The molecular weight excluding hydrogens is 931 g/mol. The largest absolute Gasteiger partial charge is 0.492 e. The molecule has 0 bridgehead atoms. The van der Waals surface area contributed by atoms with Gasteiger partial charge in [0.15, 0.2) is 6.29 Å². The van der Waals surface area contributed by atoms with Gasteiger partial charge in [-0.2, -0.15) is 0 Å². The van der Waals surface area contributed by atoms with E-state index >= 15 is 0 Å². The minimum atomic E-state index is -1.84. The second-order valence-electron chi connectivity index (χ2n) is 23.5. The van der Waals surface area contributed by atoms with Gasteiger partial charge in [-0.1, -0.05) is 0 Å². The Bertz CT molecular complexity index is 1850. The van der Waals surface area contributed by atoms with Crippen molar-refractivity contribution in [2.24, 2.45) is 17.6 Å². The molecule has 71 heavy (non-hydrogen) atoms. The third-order valence-electron chi connectivity index (χ3n) is 12.2. The van der Waals surface area contributed by atoms with Crippen LogP contribution in [0.3, 0.4) is 0 Å². The van der Waals surface area contributed by atoms with Gasteiger partial charge in [-0.05, 0) is 141 Å². The lowest BCUT2D eigenvalue weighted by Gasteiger charge is -2.52. The molecule has 1 saturated heterocycles. The van der Waals surface area contributed by atoms with Crippen molar-refractivity contribution in [3.8, 4) is 0 Å². The second kappa shape index (κ2) is 23.8. The van der Waals surface area contributed by atoms with E-state index in [2.05, 4.69) is 26.6 Å². The zero-order chi connectivity index (χ0) is 53.6. The fourth-order valence-corrected chi connectivity index (χ4v) is 9.16. The Morgan fingerprint density at radius 3 is 1.93 bits per heavy atom. The third-order valence-corrected chi connectivity index (χ3v) is 12.2. The zero-order valence-corrected chi connectivity index (χ0v) is 44.2. The van der Waals surface area contributed by atoms with Gasteiger partial charge in [-0.25, -0.2) is 19.2 Å². The van der Waals surface area contributed by atoms with Crippen LogP contribution in [0.5, 0.6) is 0 Å². The summed E-state index contributed by atoms with van der Waals surface area (Å²) < 4.78 is 40.9. The van der Waals surface area contributed by atoms with E-state index in [9.17, 15) is 44.4 Å². The molecule has 0 aromatic carbocycles. The summed E-state index contributed by atoms with van der Waals surface area (Å²) in [6, 6.07) is -4.24. The monoisotopic (exact) mass is 1020 g/mol. The molecule has 23 nitrogen and oxygen atoms in total. The summed E-state index contributed by atoms with van der Waals surface area (Å²) in [7, 11) is 1.34. The lowest BCUT2D eigenvalue weighted by molar-refractivity contribution is -0.306. The lowest BCUT2D eigenvalue weighted by atomic mass is 9.71. The number of aliphatic hydroxyl groups excluding tert-OH is 3. The van der Waals surface area contributed by atoms with E-state index in [1.165, 1.54) is 14.0 Å². The Balaban J connectivity index is 1.70. The van der Waals surface area contributed by atoms with Gasteiger partial charge < -0.3 is 90.8 Å². The first-order valence-electron chi connectivity index (χ1n) is 24.6. The van der Waals surface area contributed by atoms with Gasteiger partial charge in [0, 0.05) is 37.6 Å². The number of ether oxygens (including phenoxy) is 7. The summed E-state index contributed by atoms with van der Waals surface area (Å²) >= 11 is 0. The molecule has 4 aliphatic rings. The molecule has 0 radical (unpaired) electrons. The van der Waals surface area contributed by atoms with Crippen molar-refractivity contribution in [2.75, 3.05) is 33.3 Å². The summed E-state index contributed by atoms with van der Waals surface area (Å²) in [5.41, 5.74) is 0.984. The molecule has 1 unspecified atom stereocenters. The fourth-order valence-electron chi connectivity index (χ4n) is 9.16. The average molecular weight is 1020 g/mol. The fraction of sp³-hybridized carbons (Fsp3) is 0.854. The van der Waals surface area contributed by atoms with Crippen molar-refractivity contribution >= 4 is 30.3 Å². The highest BCUT2D eigenvalue weighted by Crippen LogP contribution is 2.39. The highest BCUT2D eigenvalue weighted by molar-refractivity contribution is 5.81. The number of nitrogens with zero attached hydrogens (tertiary/aromatic N) is 1. The smallest absolute Gasteiger partial charge is 0.410 e. The van der Waals surface area contributed by atoms with Crippen LogP contribution in [-0.2, 0) is 38.0 Å². The molecule has 2 heterocycles. The van der Waals surface area contributed by atoms with Crippen molar-refractivity contribution in [3.05, 3.63) is 11.8 Å². The number of amides is 5. The van der Waals surface area contributed by atoms with Gasteiger partial charge >= 0.3 is 24.4 Å². The number of nitrogens with one attached hydrogen (secondary N) is 5. The number of likely N-dealkylation sites (N-methyl/N-ethyl adjacent to an activating group) is 1. The van der Waals surface area contributed by atoms with E-state index in [4.69, 9.17) is 38.9 Å². The Kier molecular flexibility index (Phi) is 19.9. The van der Waals surface area contributed by atoms with Crippen LogP contribution < -0.4 is 32.3 Å². The summed E-state index contributed by atoms with van der Waals surface area (Å²) in [5.74, 6) is -1.42. The van der Waals surface area contributed by atoms with Gasteiger partial charge in [-0.3, -0.25) is 4.79 Å². The maximum absolute atomic E-state index is 13.9. The standard InChI is InChI=1S/C48H85N7O16/c1-44(2,3)68-40(60)50-18-17-31(56)38(59)53-30-21-29(54-42(62)70-46(7,8)9)32(33(57)36(30)67-39-34(58)37(48(13,64)24-65-39)55(14)43(63)71-47(10,11)12)35-28(16-15-27(22-49)66-35)51-23-25-19-26(20-25)52-41(61)69-45(4,5)6/h15,25-26,28-37,39,51,56-58,64H,16-24,49H2,1-14H3,(H,50,60)(H,52,61)(H,53,59)(H,54,62)/t25-,26-,28-,29+,30-,31+,32-,33+,34-,35?,36+,37-,39-,48+/m1/s1. The predicted octanol–water partition coefficient (Wildman–Crippen LogP) is 2.00. The highest BCUT2D eigenvalue weighted by Gasteiger charge is 2.56. The quantitative estimate of drug-likeness (QED) is 0.105. The third kappa shape index (κ3) is 18.0. The van der Waals surface area contributed by atoms with Crippen LogP contribution >= 0.6 is 0 Å². The number of aliphatic hydroxyl groups is 4. The number of hydrogen-bond donors (Lipinski definition) is 10. The van der Waals surface area contributed by atoms with Crippen molar-refractivity contribution in [1.29, 1.82) is 0 Å². The Hall–Kier alpha value is -4.23. The van der Waals surface area contributed by atoms with Crippen molar-refractivity contribution in [3.63, 3.8) is 0 Å². The summed E-state index contributed by atoms with van der Waals surface area (Å²) in [4.78, 5) is 66.7. The Morgan fingerprint density at radius 1 is 0.803 bits per heavy atom. The zero-order valence-electron chi connectivity index (χ0n) is 44.2.